The van der Waals surface area contributed by atoms with Crippen molar-refractivity contribution in [1.29, 1.82) is 0 Å². The van der Waals surface area contributed by atoms with E-state index in [0.29, 0.717) is 6.07 Å². The molecule has 0 spiro atoms. The van der Waals surface area contributed by atoms with Gasteiger partial charge in [-0.05, 0) is 19.0 Å². The fraction of sp³-hybridized carbons (Fsp3) is 0.333. The van der Waals surface area contributed by atoms with Crippen LogP contribution in [-0.4, -0.2) is 20.7 Å². The quantitative estimate of drug-likeness (QED) is 0.864. The van der Waals surface area contributed by atoms with Crippen LogP contribution in [0.2, 0.25) is 5.02 Å². The second-order valence-electron chi connectivity index (χ2n) is 3.31. The maximum absolute atomic E-state index is 13.3. The zero-order valence-electron chi connectivity index (χ0n) is 8.71. The summed E-state index contributed by atoms with van der Waals surface area (Å²) in [7, 11) is -3.73. The van der Waals surface area contributed by atoms with E-state index in [2.05, 4.69) is 0 Å². The molecule has 0 aliphatic heterocycles. The minimum atomic E-state index is -3.73. The van der Waals surface area contributed by atoms with Gasteiger partial charge in [0.05, 0.1) is 10.8 Å². The summed E-state index contributed by atoms with van der Waals surface area (Å²) >= 11 is 5.54. The van der Waals surface area contributed by atoms with Crippen LogP contribution in [-0.2, 0) is 10.0 Å². The van der Waals surface area contributed by atoms with Gasteiger partial charge in [0, 0.05) is 6.07 Å². The summed E-state index contributed by atoms with van der Waals surface area (Å²) in [6.07, 6.45) is 0.232. The lowest BCUT2D eigenvalue weighted by molar-refractivity contribution is 0.582. The number of halogens is 3. The predicted octanol–water partition coefficient (Wildman–Crippen LogP) is 1.71. The van der Waals surface area contributed by atoms with Crippen LogP contribution in [0.1, 0.15) is 6.42 Å². The monoisotopic (exact) mass is 284 g/mol. The van der Waals surface area contributed by atoms with Gasteiger partial charge >= 0.3 is 0 Å². The van der Waals surface area contributed by atoms with Crippen LogP contribution < -0.4 is 10.5 Å². The summed E-state index contributed by atoms with van der Waals surface area (Å²) in [5.74, 6) is -2.19. The number of nitrogens with two attached hydrogens (primary N) is 1. The zero-order valence-corrected chi connectivity index (χ0v) is 10.3. The van der Waals surface area contributed by atoms with Crippen molar-refractivity contribution in [3.05, 3.63) is 28.8 Å². The van der Waals surface area contributed by atoms with E-state index in [1.54, 1.807) is 0 Å². The van der Waals surface area contributed by atoms with Crippen LogP contribution in [0.15, 0.2) is 12.1 Å². The van der Waals surface area contributed by atoms with Crippen molar-refractivity contribution in [2.75, 3.05) is 17.0 Å². The van der Waals surface area contributed by atoms with Gasteiger partial charge in [-0.15, -0.1) is 0 Å². The zero-order chi connectivity index (χ0) is 13.1. The van der Waals surface area contributed by atoms with Gasteiger partial charge in [0.2, 0.25) is 10.0 Å². The number of sulfonamides is 1. The van der Waals surface area contributed by atoms with Gasteiger partial charge in [0.25, 0.3) is 0 Å². The summed E-state index contributed by atoms with van der Waals surface area (Å²) in [4.78, 5) is 0. The van der Waals surface area contributed by atoms with E-state index in [1.165, 1.54) is 0 Å². The molecule has 1 rings (SSSR count). The molecule has 1 aromatic rings. The van der Waals surface area contributed by atoms with E-state index in [-0.39, 0.29) is 23.7 Å². The molecule has 0 atom stereocenters. The Morgan fingerprint density at radius 1 is 1.35 bits per heavy atom. The Balaban J connectivity index is 2.96. The first kappa shape index (κ1) is 14.1. The molecule has 0 radical (unpaired) electrons. The van der Waals surface area contributed by atoms with Gasteiger partial charge in [-0.1, -0.05) is 11.6 Å². The van der Waals surface area contributed by atoms with Crippen molar-refractivity contribution in [2.45, 2.75) is 6.42 Å². The summed E-state index contributed by atoms with van der Waals surface area (Å²) < 4.78 is 50.9. The Labute approximate surface area is 103 Å². The van der Waals surface area contributed by atoms with E-state index < -0.39 is 27.3 Å². The van der Waals surface area contributed by atoms with Crippen molar-refractivity contribution < 1.29 is 17.2 Å². The molecule has 8 heteroatoms. The molecule has 0 aliphatic rings. The van der Waals surface area contributed by atoms with Crippen LogP contribution in [0, 0.1) is 11.6 Å². The molecule has 0 aromatic heterocycles. The molecular weight excluding hydrogens is 274 g/mol. The Morgan fingerprint density at radius 2 is 2.00 bits per heavy atom. The maximum Gasteiger partial charge on any atom is 0.232 e. The minimum absolute atomic E-state index is 0.195. The first-order valence-electron chi connectivity index (χ1n) is 4.71. The predicted molar refractivity (Wildman–Crippen MR) is 62.4 cm³/mol. The summed E-state index contributed by atoms with van der Waals surface area (Å²) in [5, 5.41) is -0.334. The van der Waals surface area contributed by atoms with Crippen LogP contribution in [0.4, 0.5) is 14.5 Å². The van der Waals surface area contributed by atoms with Gasteiger partial charge < -0.3 is 5.73 Å². The molecule has 0 fully saturated rings. The smallest absolute Gasteiger partial charge is 0.232 e. The van der Waals surface area contributed by atoms with Crippen molar-refractivity contribution in [3.63, 3.8) is 0 Å². The van der Waals surface area contributed by atoms with Gasteiger partial charge in [-0.25, -0.2) is 17.2 Å². The number of anilines is 1. The molecule has 96 valence electrons. The Morgan fingerprint density at radius 3 is 2.53 bits per heavy atom. The number of hydrogen-bond donors (Lipinski definition) is 2. The number of hydrogen-bond acceptors (Lipinski definition) is 3. The molecule has 0 heterocycles. The second-order valence-corrected chi connectivity index (χ2v) is 5.56. The average molecular weight is 285 g/mol. The highest BCUT2D eigenvalue weighted by atomic mass is 35.5. The lowest BCUT2D eigenvalue weighted by Gasteiger charge is -2.10. The summed E-state index contributed by atoms with van der Waals surface area (Å²) in [6, 6.07) is 1.37. The maximum atomic E-state index is 13.3. The molecule has 3 N–H and O–H groups in total. The first-order valence-corrected chi connectivity index (χ1v) is 6.74. The van der Waals surface area contributed by atoms with E-state index in [9.17, 15) is 17.2 Å². The van der Waals surface area contributed by atoms with Gasteiger partial charge in [-0.2, -0.15) is 0 Å². The van der Waals surface area contributed by atoms with E-state index in [4.69, 9.17) is 17.3 Å². The van der Waals surface area contributed by atoms with Gasteiger partial charge in [0.1, 0.15) is 11.5 Å². The highest BCUT2D eigenvalue weighted by molar-refractivity contribution is 7.92. The average Bonchev–Trinajstić information content (AvgIpc) is 2.21. The third-order valence-corrected chi connectivity index (χ3v) is 3.52. The molecule has 1 aromatic carbocycles. The Kier molecular flexibility index (Phi) is 4.67. The first-order chi connectivity index (χ1) is 7.85. The third kappa shape index (κ3) is 4.10. The minimum Gasteiger partial charge on any atom is -0.330 e. The van der Waals surface area contributed by atoms with E-state index in [1.807, 2.05) is 4.72 Å². The lowest BCUT2D eigenvalue weighted by Crippen LogP contribution is -2.20. The number of nitrogens with one attached hydrogen (secondary N) is 1. The standard InChI is InChI=1S/C9H11ClF2N2O2S/c10-7-4-6(11)5-8(12)9(7)14-17(15,16)3-1-2-13/h4-5,14H,1-3,13H2. The fourth-order valence-corrected chi connectivity index (χ4v) is 2.58. The Bertz CT molecular complexity index is 485. The van der Waals surface area contributed by atoms with Crippen LogP contribution in [0.5, 0.6) is 0 Å². The lowest BCUT2D eigenvalue weighted by atomic mass is 10.3. The largest absolute Gasteiger partial charge is 0.330 e. The fourth-order valence-electron chi connectivity index (χ4n) is 1.12. The molecular formula is C9H11ClF2N2O2S. The van der Waals surface area contributed by atoms with Crippen molar-refractivity contribution >= 4 is 27.3 Å². The molecule has 0 amide bonds. The normalized spacial score (nSPS) is 11.5. The molecule has 0 unspecified atom stereocenters. The van der Waals surface area contributed by atoms with Crippen molar-refractivity contribution in [3.8, 4) is 0 Å². The van der Waals surface area contributed by atoms with Crippen molar-refractivity contribution in [2.24, 2.45) is 5.73 Å². The molecule has 0 saturated carbocycles. The SMILES string of the molecule is NCCCS(=O)(=O)Nc1c(F)cc(F)cc1Cl. The van der Waals surface area contributed by atoms with Gasteiger partial charge in [-0.3, -0.25) is 4.72 Å². The molecule has 4 nitrogen and oxygen atoms in total. The van der Waals surface area contributed by atoms with Gasteiger partial charge in [0.15, 0.2) is 5.82 Å². The van der Waals surface area contributed by atoms with Crippen LogP contribution >= 0.6 is 11.6 Å². The third-order valence-electron chi connectivity index (χ3n) is 1.88. The topological polar surface area (TPSA) is 72.2 Å². The molecule has 0 aliphatic carbocycles. The Hall–Kier alpha value is -0.920. The molecule has 0 bridgehead atoms. The number of rotatable bonds is 5. The van der Waals surface area contributed by atoms with Crippen LogP contribution in [0.3, 0.4) is 0 Å². The number of benzene rings is 1. The van der Waals surface area contributed by atoms with E-state index in [0.717, 1.165) is 6.07 Å². The summed E-state index contributed by atoms with van der Waals surface area (Å²) in [6.45, 7) is 0.195. The second kappa shape index (κ2) is 5.61. The van der Waals surface area contributed by atoms with Crippen molar-refractivity contribution in [1.82, 2.24) is 0 Å². The molecule has 0 saturated heterocycles. The highest BCUT2D eigenvalue weighted by Gasteiger charge is 2.16. The highest BCUT2D eigenvalue weighted by Crippen LogP contribution is 2.27. The van der Waals surface area contributed by atoms with Crippen LogP contribution in [0.25, 0.3) is 0 Å². The van der Waals surface area contributed by atoms with E-state index >= 15 is 0 Å². The summed E-state index contributed by atoms with van der Waals surface area (Å²) in [5.41, 5.74) is 4.71. The molecule has 17 heavy (non-hydrogen) atoms.